The van der Waals surface area contributed by atoms with Gasteiger partial charge in [0.05, 0.1) is 11.6 Å². The van der Waals surface area contributed by atoms with Crippen molar-refractivity contribution in [2.24, 2.45) is 0 Å². The second kappa shape index (κ2) is 7.99. The Morgan fingerprint density at radius 1 is 0.960 bits per heavy atom. The number of hydrogen-bond donors (Lipinski definition) is 0. The number of ether oxygens (including phenoxy) is 1. The molecule has 25 heavy (non-hydrogen) atoms. The summed E-state index contributed by atoms with van der Waals surface area (Å²) in [5, 5.41) is 9.56. The minimum Gasteiger partial charge on any atom is -0.489 e. The van der Waals surface area contributed by atoms with E-state index in [9.17, 15) is 5.26 Å². The average molecular weight is 325 g/mol. The van der Waals surface area contributed by atoms with Crippen molar-refractivity contribution in [3.05, 3.63) is 102 Å². The van der Waals surface area contributed by atoms with E-state index in [4.69, 9.17) is 4.74 Å². The summed E-state index contributed by atoms with van der Waals surface area (Å²) in [5.41, 5.74) is 4.89. The molecule has 0 atom stereocenters. The number of benzene rings is 3. The van der Waals surface area contributed by atoms with Gasteiger partial charge in [-0.3, -0.25) is 0 Å². The maximum absolute atomic E-state index is 9.56. The molecule has 3 rings (SSSR count). The van der Waals surface area contributed by atoms with Crippen LogP contribution in [0, 0.1) is 11.3 Å². The van der Waals surface area contributed by atoms with E-state index in [1.54, 1.807) is 6.08 Å². The van der Waals surface area contributed by atoms with E-state index >= 15 is 0 Å². The van der Waals surface area contributed by atoms with Crippen LogP contribution >= 0.6 is 0 Å². The van der Waals surface area contributed by atoms with Crippen molar-refractivity contribution in [2.45, 2.75) is 6.42 Å². The van der Waals surface area contributed by atoms with Crippen LogP contribution in [0.5, 0.6) is 5.75 Å². The highest BCUT2D eigenvalue weighted by Crippen LogP contribution is 2.27. The number of nitriles is 1. The second-order valence-electron chi connectivity index (χ2n) is 5.74. The normalized spacial score (nSPS) is 10.0. The summed E-state index contributed by atoms with van der Waals surface area (Å²) in [7, 11) is 0. The van der Waals surface area contributed by atoms with Crippen LogP contribution < -0.4 is 4.74 Å². The van der Waals surface area contributed by atoms with Crippen LogP contribution in [0.25, 0.3) is 11.1 Å². The van der Waals surface area contributed by atoms with E-state index in [-0.39, 0.29) is 0 Å². The molecule has 0 fully saturated rings. The van der Waals surface area contributed by atoms with Gasteiger partial charge in [0, 0.05) is 6.42 Å². The molecular weight excluding hydrogens is 306 g/mol. The summed E-state index contributed by atoms with van der Waals surface area (Å²) in [5.74, 6) is 0.855. The molecule has 2 nitrogen and oxygen atoms in total. The third kappa shape index (κ3) is 3.97. The Bertz CT molecular complexity index is 907. The van der Waals surface area contributed by atoms with Gasteiger partial charge >= 0.3 is 0 Å². The molecule has 0 heterocycles. The quantitative estimate of drug-likeness (QED) is 0.570. The molecule has 0 unspecified atom stereocenters. The van der Waals surface area contributed by atoms with Crippen LogP contribution in [0.1, 0.15) is 16.7 Å². The number of hydrogen-bond acceptors (Lipinski definition) is 2. The van der Waals surface area contributed by atoms with Gasteiger partial charge in [0.25, 0.3) is 0 Å². The highest BCUT2D eigenvalue weighted by molar-refractivity contribution is 5.71. The lowest BCUT2D eigenvalue weighted by atomic mass is 9.95. The Balaban J connectivity index is 1.90. The minimum absolute atomic E-state index is 0.480. The van der Waals surface area contributed by atoms with Crippen LogP contribution in [0.3, 0.4) is 0 Å². The largest absolute Gasteiger partial charge is 0.489 e. The van der Waals surface area contributed by atoms with Gasteiger partial charge in [0.2, 0.25) is 0 Å². The lowest BCUT2D eigenvalue weighted by Gasteiger charge is -2.11. The maximum Gasteiger partial charge on any atom is 0.123 e. The average Bonchev–Trinajstić information content (AvgIpc) is 2.68. The van der Waals surface area contributed by atoms with Crippen molar-refractivity contribution < 1.29 is 4.74 Å². The topological polar surface area (TPSA) is 33.0 Å². The number of para-hydroxylation sites is 1. The maximum atomic E-state index is 9.56. The molecule has 0 aromatic heterocycles. The molecular formula is C23H19NO. The Kier molecular flexibility index (Phi) is 5.29. The van der Waals surface area contributed by atoms with Crippen molar-refractivity contribution in [3.8, 4) is 22.9 Å². The first-order valence-electron chi connectivity index (χ1n) is 8.22. The van der Waals surface area contributed by atoms with Crippen molar-refractivity contribution in [1.29, 1.82) is 5.26 Å². The highest BCUT2D eigenvalue weighted by Gasteiger charge is 2.08. The summed E-state index contributed by atoms with van der Waals surface area (Å²) >= 11 is 0. The fourth-order valence-corrected chi connectivity index (χ4v) is 2.82. The van der Waals surface area contributed by atoms with E-state index in [0.29, 0.717) is 12.2 Å². The van der Waals surface area contributed by atoms with Gasteiger partial charge in [-0.2, -0.15) is 5.26 Å². The van der Waals surface area contributed by atoms with Crippen LogP contribution in [-0.4, -0.2) is 6.61 Å². The molecule has 0 saturated carbocycles. The monoisotopic (exact) mass is 325 g/mol. The Morgan fingerprint density at radius 3 is 2.48 bits per heavy atom. The highest BCUT2D eigenvalue weighted by atomic mass is 16.5. The van der Waals surface area contributed by atoms with E-state index in [1.165, 1.54) is 0 Å². The smallest absolute Gasteiger partial charge is 0.123 e. The van der Waals surface area contributed by atoms with Gasteiger partial charge in [-0.15, -0.1) is 0 Å². The van der Waals surface area contributed by atoms with Crippen LogP contribution in [0.4, 0.5) is 0 Å². The van der Waals surface area contributed by atoms with E-state index < -0.39 is 0 Å². The van der Waals surface area contributed by atoms with Gasteiger partial charge in [-0.05, 0) is 34.4 Å². The van der Waals surface area contributed by atoms with Gasteiger partial charge in [-0.25, -0.2) is 0 Å². The first-order valence-corrected chi connectivity index (χ1v) is 8.22. The summed E-state index contributed by atoms with van der Waals surface area (Å²) in [6.07, 6.45) is 2.45. The predicted molar refractivity (Wildman–Crippen MR) is 102 cm³/mol. The lowest BCUT2D eigenvalue weighted by Crippen LogP contribution is -1.98. The van der Waals surface area contributed by atoms with E-state index in [2.05, 4.69) is 24.8 Å². The SMILES string of the molecule is C=CCOc1ccccc1Cc1ccc(-c2ccccc2)c(C#N)c1. The van der Waals surface area contributed by atoms with E-state index in [0.717, 1.165) is 34.4 Å². The zero-order valence-corrected chi connectivity index (χ0v) is 14.0. The third-order valence-electron chi connectivity index (χ3n) is 4.01. The number of rotatable bonds is 6. The third-order valence-corrected chi connectivity index (χ3v) is 4.01. The molecule has 0 aliphatic rings. The molecule has 0 bridgehead atoms. The zero-order valence-electron chi connectivity index (χ0n) is 14.0. The van der Waals surface area contributed by atoms with Crippen molar-refractivity contribution >= 4 is 0 Å². The predicted octanol–water partition coefficient (Wildman–Crippen LogP) is 5.38. The fourth-order valence-electron chi connectivity index (χ4n) is 2.82. The number of nitrogens with zero attached hydrogens (tertiary/aromatic N) is 1. The summed E-state index contributed by atoms with van der Waals surface area (Å²) in [6.45, 7) is 4.17. The Labute approximate surface area is 148 Å². The van der Waals surface area contributed by atoms with Gasteiger partial charge in [0.15, 0.2) is 0 Å². The zero-order chi connectivity index (χ0) is 17.5. The second-order valence-corrected chi connectivity index (χ2v) is 5.74. The standard InChI is InChI=1S/C23H19NO/c1-2-14-25-23-11-7-6-10-20(23)15-18-12-13-22(21(16-18)17-24)19-8-4-3-5-9-19/h2-13,16H,1,14-15H2. The molecule has 0 saturated heterocycles. The molecule has 122 valence electrons. The molecule has 0 N–H and O–H groups in total. The van der Waals surface area contributed by atoms with Crippen LogP contribution in [-0.2, 0) is 6.42 Å². The van der Waals surface area contributed by atoms with Crippen LogP contribution in [0.15, 0.2) is 85.5 Å². The Hall–Kier alpha value is -3.31. The molecule has 0 radical (unpaired) electrons. The van der Waals surface area contributed by atoms with Gasteiger partial charge < -0.3 is 4.74 Å². The lowest BCUT2D eigenvalue weighted by molar-refractivity contribution is 0.360. The summed E-state index contributed by atoms with van der Waals surface area (Å²) in [6, 6.07) is 26.3. The van der Waals surface area contributed by atoms with Crippen molar-refractivity contribution in [3.63, 3.8) is 0 Å². The Morgan fingerprint density at radius 2 is 1.72 bits per heavy atom. The van der Waals surface area contributed by atoms with Gasteiger partial charge in [-0.1, -0.05) is 73.3 Å². The fraction of sp³-hybridized carbons (Fsp3) is 0.0870. The van der Waals surface area contributed by atoms with E-state index in [1.807, 2.05) is 60.7 Å². The molecule has 0 aliphatic carbocycles. The van der Waals surface area contributed by atoms with Crippen molar-refractivity contribution in [1.82, 2.24) is 0 Å². The van der Waals surface area contributed by atoms with Crippen molar-refractivity contribution in [2.75, 3.05) is 6.61 Å². The first kappa shape index (κ1) is 16.5. The molecule has 0 amide bonds. The molecule has 0 aliphatic heterocycles. The molecule has 3 aromatic rings. The minimum atomic E-state index is 0.480. The molecule has 0 spiro atoms. The first-order chi connectivity index (χ1) is 12.3. The summed E-state index contributed by atoms with van der Waals surface area (Å²) in [4.78, 5) is 0. The summed E-state index contributed by atoms with van der Waals surface area (Å²) < 4.78 is 5.73. The van der Waals surface area contributed by atoms with Crippen LogP contribution in [0.2, 0.25) is 0 Å². The molecule has 2 heteroatoms. The molecule has 3 aromatic carbocycles. The van der Waals surface area contributed by atoms with Gasteiger partial charge in [0.1, 0.15) is 12.4 Å².